The first-order chi connectivity index (χ1) is 13.0. The van der Waals surface area contributed by atoms with E-state index in [9.17, 15) is 10.0 Å². The molecule has 0 radical (unpaired) electrons. The summed E-state index contributed by atoms with van der Waals surface area (Å²) in [6.07, 6.45) is 11.8. The van der Waals surface area contributed by atoms with Crippen molar-refractivity contribution < 1.29 is 9.52 Å². The molecule has 1 amide bonds. The number of nitrogens with zero attached hydrogens (tertiary/aromatic N) is 3. The molecule has 0 atom stereocenters. The molecule has 0 N–H and O–H groups in total. The number of aromatic nitrogens is 2. The fraction of sp³-hybridized carbons (Fsp3) is 0.227. The van der Waals surface area contributed by atoms with Gasteiger partial charge in [0.05, 0.1) is 0 Å². The van der Waals surface area contributed by atoms with E-state index < -0.39 is 0 Å². The summed E-state index contributed by atoms with van der Waals surface area (Å²) in [5, 5.41) is 10.5. The number of carbonyl (C=O) groups excluding carboxylic acids is 1. The van der Waals surface area contributed by atoms with Crippen molar-refractivity contribution in [1.82, 2.24) is 9.88 Å². The maximum absolute atomic E-state index is 10.8. The number of amides is 1. The first-order valence-electron chi connectivity index (χ1n) is 8.72. The number of rotatable bonds is 2. The zero-order valence-corrected chi connectivity index (χ0v) is 15.9. The van der Waals surface area contributed by atoms with Crippen LogP contribution < -0.4 is 4.73 Å². The van der Waals surface area contributed by atoms with E-state index in [1.807, 2.05) is 23.1 Å². The van der Waals surface area contributed by atoms with E-state index in [0.29, 0.717) is 0 Å². The van der Waals surface area contributed by atoms with Crippen LogP contribution in [0.4, 0.5) is 0 Å². The molecule has 142 valence electrons. The summed E-state index contributed by atoms with van der Waals surface area (Å²) in [5.41, 5.74) is 3.18. The topological polar surface area (TPSA) is 60.1 Å². The summed E-state index contributed by atoms with van der Waals surface area (Å²) in [5.74, 6) is 0.188. The first kappa shape index (κ1) is 21.8. The van der Waals surface area contributed by atoms with Crippen molar-refractivity contribution in [3.05, 3.63) is 90.7 Å². The van der Waals surface area contributed by atoms with Gasteiger partial charge in [-0.1, -0.05) is 43.5 Å². The van der Waals surface area contributed by atoms with Crippen LogP contribution in [0.3, 0.4) is 0 Å². The summed E-state index contributed by atoms with van der Waals surface area (Å²) < 4.78 is 0.747. The zero-order chi connectivity index (χ0) is 20.1. The molecule has 2 aromatic rings. The Morgan fingerprint density at radius 3 is 2.22 bits per heavy atom. The Balaban J connectivity index is 0.000000204. The molecular weight excluding hydrogens is 338 g/mol. The zero-order valence-electron chi connectivity index (χ0n) is 15.9. The molecule has 5 nitrogen and oxygen atoms in total. The Bertz CT molecular complexity index is 747. The van der Waals surface area contributed by atoms with Crippen LogP contribution in [0.25, 0.3) is 12.2 Å². The Morgan fingerprint density at radius 1 is 1.19 bits per heavy atom. The summed E-state index contributed by atoms with van der Waals surface area (Å²) >= 11 is 0. The average molecular weight is 365 g/mol. The van der Waals surface area contributed by atoms with Crippen molar-refractivity contribution in [1.29, 1.82) is 0 Å². The summed E-state index contributed by atoms with van der Waals surface area (Å²) in [7, 11) is 0. The first-order valence-corrected chi connectivity index (χ1v) is 8.72. The Labute approximate surface area is 161 Å². The van der Waals surface area contributed by atoms with Gasteiger partial charge in [0.25, 0.3) is 0 Å². The maximum atomic E-state index is 10.8. The number of hydrogen-bond donors (Lipinski definition) is 0. The minimum absolute atomic E-state index is 0.188. The third kappa shape index (κ3) is 9.16. The van der Waals surface area contributed by atoms with Crippen LogP contribution in [0.5, 0.6) is 0 Å². The van der Waals surface area contributed by atoms with Gasteiger partial charge in [-0.15, -0.1) is 0 Å². The van der Waals surface area contributed by atoms with E-state index in [2.05, 4.69) is 24.7 Å². The Kier molecular flexibility index (Phi) is 9.86. The van der Waals surface area contributed by atoms with Gasteiger partial charge >= 0.3 is 0 Å². The number of likely N-dealkylation sites (tertiary alicyclic amines) is 1. The molecule has 1 aliphatic heterocycles. The van der Waals surface area contributed by atoms with Gasteiger partial charge in [0.1, 0.15) is 0 Å². The quantitative estimate of drug-likeness (QED) is 0.461. The second-order valence-electron chi connectivity index (χ2n) is 5.95. The lowest BCUT2D eigenvalue weighted by molar-refractivity contribution is -0.605. The molecule has 0 bridgehead atoms. The van der Waals surface area contributed by atoms with E-state index in [1.165, 1.54) is 18.0 Å². The maximum Gasteiger partial charge on any atom is 0.219 e. The summed E-state index contributed by atoms with van der Waals surface area (Å²) in [4.78, 5) is 16.6. The molecule has 3 rings (SSSR count). The second-order valence-corrected chi connectivity index (χ2v) is 5.95. The molecule has 3 heterocycles. The molecule has 0 aliphatic carbocycles. The summed E-state index contributed by atoms with van der Waals surface area (Å²) in [6.45, 7) is 14.3. The monoisotopic (exact) mass is 365 g/mol. The molecule has 0 aromatic carbocycles. The number of piperidine rings is 1. The molecule has 2 aromatic heterocycles. The normalized spacial score (nSPS) is 12.6. The van der Waals surface area contributed by atoms with Crippen LogP contribution in [0, 0.1) is 5.21 Å². The van der Waals surface area contributed by atoms with E-state index in [1.54, 1.807) is 37.5 Å². The van der Waals surface area contributed by atoms with Crippen LogP contribution in [-0.2, 0) is 4.79 Å². The Hall–Kier alpha value is -3.21. The number of pyridine rings is 2. The SMILES string of the molecule is C=C1CCN(C(C)=O)CC1.C=Cc1ccc[n+]([O-])c1.C=Cc1cccnc1. The lowest BCUT2D eigenvalue weighted by Crippen LogP contribution is -2.34. The number of hydrogen-bond acceptors (Lipinski definition) is 3. The number of carbonyl (C=O) groups is 1. The van der Waals surface area contributed by atoms with Crippen LogP contribution >= 0.6 is 0 Å². The van der Waals surface area contributed by atoms with Crippen LogP contribution in [0.2, 0.25) is 0 Å². The van der Waals surface area contributed by atoms with E-state index in [4.69, 9.17) is 0 Å². The molecule has 1 aliphatic rings. The van der Waals surface area contributed by atoms with Crippen molar-refractivity contribution in [2.45, 2.75) is 19.8 Å². The summed E-state index contributed by atoms with van der Waals surface area (Å²) in [6, 6.07) is 7.35. The molecular formula is C22H27N3O2. The molecule has 0 saturated carbocycles. The average Bonchev–Trinajstić information content (AvgIpc) is 2.70. The van der Waals surface area contributed by atoms with E-state index in [-0.39, 0.29) is 5.91 Å². The molecule has 27 heavy (non-hydrogen) atoms. The fourth-order valence-corrected chi connectivity index (χ4v) is 2.23. The molecule has 0 unspecified atom stereocenters. The second kappa shape index (κ2) is 12.2. The van der Waals surface area contributed by atoms with E-state index in [0.717, 1.165) is 41.8 Å². The molecule has 5 heteroatoms. The highest BCUT2D eigenvalue weighted by molar-refractivity contribution is 5.73. The lowest BCUT2D eigenvalue weighted by Gasteiger charge is -2.26. The van der Waals surface area contributed by atoms with Gasteiger partial charge < -0.3 is 10.1 Å². The van der Waals surface area contributed by atoms with Crippen molar-refractivity contribution in [2.24, 2.45) is 0 Å². The standard InChI is InChI=1S/C8H13NO.C7H7NO.C7H7N/c1-7-3-5-9(6-4-7)8(2)10;1-2-7-4-3-5-8(9)6-7;1-2-7-4-3-5-8-6-7/h1,3-6H2,2H3;2-6H,1H2;2-6H,1H2. The molecule has 1 fully saturated rings. The van der Waals surface area contributed by atoms with Crippen molar-refractivity contribution >= 4 is 18.1 Å². The highest BCUT2D eigenvalue weighted by atomic mass is 16.5. The molecule has 0 spiro atoms. The molecule has 1 saturated heterocycles. The van der Waals surface area contributed by atoms with Crippen molar-refractivity contribution in [3.8, 4) is 0 Å². The van der Waals surface area contributed by atoms with Crippen LogP contribution in [-0.4, -0.2) is 28.9 Å². The van der Waals surface area contributed by atoms with Gasteiger partial charge in [-0.3, -0.25) is 9.78 Å². The highest BCUT2D eigenvalue weighted by Crippen LogP contribution is 2.13. The predicted octanol–water partition coefficient (Wildman–Crippen LogP) is 3.87. The van der Waals surface area contributed by atoms with Gasteiger partial charge in [-0.2, -0.15) is 4.73 Å². The smallest absolute Gasteiger partial charge is 0.219 e. The minimum atomic E-state index is 0.188. The van der Waals surface area contributed by atoms with Crippen LogP contribution in [0.15, 0.2) is 74.4 Å². The third-order valence-electron chi connectivity index (χ3n) is 3.87. The predicted molar refractivity (Wildman–Crippen MR) is 110 cm³/mol. The van der Waals surface area contributed by atoms with Gasteiger partial charge in [-0.25, -0.2) is 0 Å². The lowest BCUT2D eigenvalue weighted by atomic mass is 10.1. The van der Waals surface area contributed by atoms with E-state index >= 15 is 0 Å². The minimum Gasteiger partial charge on any atom is -0.619 e. The highest BCUT2D eigenvalue weighted by Gasteiger charge is 2.13. The van der Waals surface area contributed by atoms with Crippen LogP contribution in [0.1, 0.15) is 30.9 Å². The Morgan fingerprint density at radius 2 is 1.81 bits per heavy atom. The van der Waals surface area contributed by atoms with Crippen molar-refractivity contribution in [2.75, 3.05) is 13.1 Å². The fourth-order valence-electron chi connectivity index (χ4n) is 2.23. The third-order valence-corrected chi connectivity index (χ3v) is 3.87. The van der Waals surface area contributed by atoms with Gasteiger partial charge in [-0.05, 0) is 30.5 Å². The van der Waals surface area contributed by atoms with Gasteiger partial charge in [0, 0.05) is 44.0 Å². The van der Waals surface area contributed by atoms with Crippen molar-refractivity contribution in [3.63, 3.8) is 0 Å². The van der Waals surface area contributed by atoms with Gasteiger partial charge in [0.2, 0.25) is 5.91 Å². The largest absolute Gasteiger partial charge is 0.619 e. The van der Waals surface area contributed by atoms with Gasteiger partial charge in [0.15, 0.2) is 12.4 Å².